The summed E-state index contributed by atoms with van der Waals surface area (Å²) in [7, 11) is 0. The third kappa shape index (κ3) is 6.31. The van der Waals surface area contributed by atoms with Crippen LogP contribution in [0.25, 0.3) is 11.1 Å². The zero-order chi connectivity index (χ0) is 28.6. The fourth-order valence-electron chi connectivity index (χ4n) is 5.97. The molecule has 0 bridgehead atoms. The van der Waals surface area contributed by atoms with Crippen molar-refractivity contribution >= 4 is 11.1 Å². The molecule has 2 aliphatic carbocycles. The first-order chi connectivity index (χ1) is 19.4. The van der Waals surface area contributed by atoms with E-state index < -0.39 is 0 Å². The first kappa shape index (κ1) is 29.2. The Morgan fingerprint density at radius 3 is 2.45 bits per heavy atom. The van der Waals surface area contributed by atoms with Crippen LogP contribution in [0.4, 0.5) is 0 Å². The van der Waals surface area contributed by atoms with E-state index in [0.29, 0.717) is 23.7 Å². The number of rotatable bonds is 10. The van der Waals surface area contributed by atoms with Crippen LogP contribution in [0.15, 0.2) is 133 Å². The molecule has 0 spiro atoms. The SMILES string of the molecule is C=C(C)/C=C\CC(/C=C\[C@H](C)CC)C1c2ccccc2C(c2ccc(C(=C/N)/C(C)=C\C)cc2)=C2C=CC=CC21. The van der Waals surface area contributed by atoms with Gasteiger partial charge in [-0.25, -0.2) is 0 Å². The second-order valence-electron chi connectivity index (χ2n) is 11.3. The molecule has 0 saturated heterocycles. The highest BCUT2D eigenvalue weighted by atomic mass is 14.5. The largest absolute Gasteiger partial charge is 0.404 e. The molecule has 2 N–H and O–H groups in total. The molecule has 4 rings (SSSR count). The Labute approximate surface area is 242 Å². The van der Waals surface area contributed by atoms with E-state index in [-0.39, 0.29) is 0 Å². The summed E-state index contributed by atoms with van der Waals surface area (Å²) in [6, 6.07) is 18.0. The van der Waals surface area contributed by atoms with Gasteiger partial charge in [0.05, 0.1) is 0 Å². The summed E-state index contributed by atoms with van der Waals surface area (Å²) in [5, 5.41) is 0. The predicted octanol–water partition coefficient (Wildman–Crippen LogP) is 10.3. The average molecular weight is 528 g/mol. The van der Waals surface area contributed by atoms with E-state index in [9.17, 15) is 0 Å². The van der Waals surface area contributed by atoms with E-state index in [2.05, 4.69) is 144 Å². The van der Waals surface area contributed by atoms with E-state index in [4.69, 9.17) is 5.73 Å². The van der Waals surface area contributed by atoms with Crippen molar-refractivity contribution in [2.24, 2.45) is 23.5 Å². The third-order valence-corrected chi connectivity index (χ3v) is 8.44. The van der Waals surface area contributed by atoms with Crippen LogP contribution in [-0.2, 0) is 0 Å². The normalized spacial score (nSPS) is 20.6. The smallest absolute Gasteiger partial charge is 0.0102 e. The van der Waals surface area contributed by atoms with Gasteiger partial charge in [-0.3, -0.25) is 0 Å². The van der Waals surface area contributed by atoms with Crippen LogP contribution in [0.2, 0.25) is 0 Å². The molecule has 2 aromatic carbocycles. The summed E-state index contributed by atoms with van der Waals surface area (Å²) in [6.45, 7) is 14.9. The fourth-order valence-corrected chi connectivity index (χ4v) is 5.97. The van der Waals surface area contributed by atoms with E-state index in [0.717, 1.165) is 29.6 Å². The lowest BCUT2D eigenvalue weighted by atomic mass is 9.64. The quantitative estimate of drug-likeness (QED) is 0.241. The highest BCUT2D eigenvalue weighted by Gasteiger charge is 2.37. The van der Waals surface area contributed by atoms with Crippen LogP contribution in [-0.4, -0.2) is 0 Å². The Kier molecular flexibility index (Phi) is 9.83. The van der Waals surface area contributed by atoms with Crippen molar-refractivity contribution in [3.8, 4) is 0 Å². The van der Waals surface area contributed by atoms with Crippen molar-refractivity contribution in [3.05, 3.63) is 155 Å². The number of benzene rings is 2. The zero-order valence-electron chi connectivity index (χ0n) is 24.9. The summed E-state index contributed by atoms with van der Waals surface area (Å²) >= 11 is 0. The molecule has 206 valence electrons. The van der Waals surface area contributed by atoms with Crippen LogP contribution < -0.4 is 5.73 Å². The van der Waals surface area contributed by atoms with Crippen molar-refractivity contribution in [2.75, 3.05) is 0 Å². The Morgan fingerprint density at radius 2 is 1.77 bits per heavy atom. The van der Waals surface area contributed by atoms with Gasteiger partial charge in [-0.15, -0.1) is 0 Å². The minimum absolute atomic E-state index is 0.309. The van der Waals surface area contributed by atoms with Crippen molar-refractivity contribution in [1.82, 2.24) is 0 Å². The molecule has 40 heavy (non-hydrogen) atoms. The number of allylic oxidation sites excluding steroid dienone is 13. The molecule has 0 radical (unpaired) electrons. The molecular weight excluding hydrogens is 482 g/mol. The number of hydrogen-bond donors (Lipinski definition) is 1. The summed E-state index contributed by atoms with van der Waals surface area (Å²) in [5.74, 6) is 1.61. The Bertz CT molecular complexity index is 1420. The molecule has 0 saturated carbocycles. The Hall–Kier alpha value is -3.84. The van der Waals surface area contributed by atoms with E-state index >= 15 is 0 Å². The Balaban J connectivity index is 1.84. The minimum atomic E-state index is 0.309. The van der Waals surface area contributed by atoms with Crippen LogP contribution in [0.3, 0.4) is 0 Å². The molecular formula is C39H45N. The third-order valence-electron chi connectivity index (χ3n) is 8.44. The molecule has 2 aromatic rings. The number of nitrogens with two attached hydrogens (primary N) is 1. The molecule has 0 aromatic heterocycles. The van der Waals surface area contributed by atoms with Gasteiger partial charge in [0.1, 0.15) is 0 Å². The fraction of sp³-hybridized carbons (Fsp3) is 0.282. The second-order valence-corrected chi connectivity index (χ2v) is 11.3. The van der Waals surface area contributed by atoms with Gasteiger partial charge in [0.25, 0.3) is 0 Å². The molecule has 3 unspecified atom stereocenters. The lowest BCUT2D eigenvalue weighted by Gasteiger charge is -2.40. The van der Waals surface area contributed by atoms with Gasteiger partial charge >= 0.3 is 0 Å². The van der Waals surface area contributed by atoms with E-state index in [1.165, 1.54) is 33.4 Å². The van der Waals surface area contributed by atoms with Gasteiger partial charge in [-0.05, 0) is 83.6 Å². The molecule has 0 amide bonds. The standard InChI is InChI=1S/C39H45N/c1-7-28(5)20-21-31(15-13-14-27(3)4)38-33-16-9-11-18-35(33)39(36-19-12-10-17-34(36)38)32-24-22-30(23-25-32)37(26-40)29(6)8-2/h8-14,16-26,28,31,33,38H,3,7,15,40H2,1-2,4-6H3/b14-13-,21-20-,29-8-,37-26+/t28-,31?,33?,38?/m1/s1. The maximum absolute atomic E-state index is 6.02. The number of hydrogen-bond acceptors (Lipinski definition) is 1. The lowest BCUT2D eigenvalue weighted by molar-refractivity contribution is 0.437. The Morgan fingerprint density at radius 1 is 1.02 bits per heavy atom. The maximum Gasteiger partial charge on any atom is 0.0102 e. The monoisotopic (exact) mass is 527 g/mol. The topological polar surface area (TPSA) is 26.0 Å². The number of fused-ring (bicyclic) bond motifs is 2. The van der Waals surface area contributed by atoms with E-state index in [1.807, 2.05) is 0 Å². The molecule has 1 heteroatoms. The first-order valence-electron chi connectivity index (χ1n) is 14.7. The van der Waals surface area contributed by atoms with Crippen molar-refractivity contribution in [1.29, 1.82) is 0 Å². The first-order valence-corrected chi connectivity index (χ1v) is 14.7. The molecule has 4 atom stereocenters. The highest BCUT2D eigenvalue weighted by molar-refractivity contribution is 5.89. The van der Waals surface area contributed by atoms with Crippen LogP contribution in [0, 0.1) is 17.8 Å². The van der Waals surface area contributed by atoms with Gasteiger partial charge in [-0.1, -0.05) is 136 Å². The van der Waals surface area contributed by atoms with Gasteiger partial charge in [0.2, 0.25) is 0 Å². The van der Waals surface area contributed by atoms with Gasteiger partial charge in [-0.2, -0.15) is 0 Å². The summed E-state index contributed by atoms with van der Waals surface area (Å²) in [4.78, 5) is 0. The highest BCUT2D eigenvalue weighted by Crippen LogP contribution is 2.51. The van der Waals surface area contributed by atoms with Crippen molar-refractivity contribution in [3.63, 3.8) is 0 Å². The van der Waals surface area contributed by atoms with E-state index in [1.54, 1.807) is 6.20 Å². The van der Waals surface area contributed by atoms with Crippen molar-refractivity contribution in [2.45, 2.75) is 53.4 Å². The summed E-state index contributed by atoms with van der Waals surface area (Å²) < 4.78 is 0. The lowest BCUT2D eigenvalue weighted by Crippen LogP contribution is -2.27. The van der Waals surface area contributed by atoms with Crippen LogP contribution >= 0.6 is 0 Å². The summed E-state index contributed by atoms with van der Waals surface area (Å²) in [6.07, 6.45) is 24.5. The predicted molar refractivity (Wildman–Crippen MR) is 176 cm³/mol. The zero-order valence-corrected chi connectivity index (χ0v) is 24.9. The van der Waals surface area contributed by atoms with Gasteiger partial charge in [0, 0.05) is 18.0 Å². The average Bonchev–Trinajstić information content (AvgIpc) is 2.98. The minimum Gasteiger partial charge on any atom is -0.404 e. The molecule has 0 heterocycles. The maximum atomic E-state index is 6.02. The molecule has 0 fully saturated rings. The molecule has 2 aliphatic rings. The van der Waals surface area contributed by atoms with Gasteiger partial charge in [0.15, 0.2) is 0 Å². The van der Waals surface area contributed by atoms with Gasteiger partial charge < -0.3 is 5.73 Å². The molecule has 0 aliphatic heterocycles. The molecule has 1 nitrogen and oxygen atoms in total. The summed E-state index contributed by atoms with van der Waals surface area (Å²) in [5.41, 5.74) is 17.3. The van der Waals surface area contributed by atoms with Crippen molar-refractivity contribution < 1.29 is 0 Å². The second kappa shape index (κ2) is 13.5. The van der Waals surface area contributed by atoms with Crippen LogP contribution in [0.5, 0.6) is 0 Å². The van der Waals surface area contributed by atoms with Crippen LogP contribution in [0.1, 0.15) is 75.6 Å².